The summed E-state index contributed by atoms with van der Waals surface area (Å²) >= 11 is 17.3. The summed E-state index contributed by atoms with van der Waals surface area (Å²) in [6, 6.07) is 5.32. The van der Waals surface area contributed by atoms with Gasteiger partial charge in [-0.1, -0.05) is 18.5 Å². The molecule has 0 aliphatic carbocycles. The van der Waals surface area contributed by atoms with Crippen molar-refractivity contribution in [2.24, 2.45) is 0 Å². The molecule has 0 radical (unpaired) electrons. The van der Waals surface area contributed by atoms with Crippen LogP contribution in [0.15, 0.2) is 18.2 Å². The van der Waals surface area contributed by atoms with E-state index in [1.54, 1.807) is 12.1 Å². The molecule has 0 aliphatic heterocycles. The van der Waals surface area contributed by atoms with Crippen molar-refractivity contribution in [2.75, 3.05) is 0 Å². The zero-order chi connectivity index (χ0) is 13.1. The monoisotopic (exact) mass is 303 g/mol. The Bertz CT molecular complexity index is 557. The Morgan fingerprint density at radius 1 is 1.06 bits per heavy atom. The van der Waals surface area contributed by atoms with Crippen molar-refractivity contribution in [3.63, 3.8) is 0 Å². The second-order valence-corrected chi connectivity index (χ2v) is 4.45. The highest BCUT2D eigenvalue weighted by Gasteiger charge is 2.07. The van der Waals surface area contributed by atoms with Crippen LogP contribution in [0.25, 0.3) is 0 Å². The number of hydrogen-bond acceptors (Lipinski definition) is 4. The maximum absolute atomic E-state index is 6.01. The quantitative estimate of drug-likeness (QED) is 0.853. The molecular formula is C11H8Cl3N3O. The van der Waals surface area contributed by atoms with Crippen LogP contribution in [0.1, 0.15) is 12.5 Å². The predicted molar refractivity (Wildman–Crippen MR) is 70.8 cm³/mol. The van der Waals surface area contributed by atoms with E-state index in [0.29, 0.717) is 10.8 Å². The van der Waals surface area contributed by atoms with Gasteiger partial charge in [0.2, 0.25) is 10.6 Å². The molecule has 18 heavy (non-hydrogen) atoms. The van der Waals surface area contributed by atoms with E-state index >= 15 is 0 Å². The number of benzene rings is 1. The van der Waals surface area contributed by atoms with Crippen molar-refractivity contribution in [3.8, 4) is 11.8 Å². The van der Waals surface area contributed by atoms with Crippen LogP contribution < -0.4 is 4.74 Å². The number of aryl methyl sites for hydroxylation is 1. The lowest BCUT2D eigenvalue weighted by Crippen LogP contribution is -1.95. The Balaban J connectivity index is 2.28. The van der Waals surface area contributed by atoms with Crippen molar-refractivity contribution in [1.82, 2.24) is 15.0 Å². The van der Waals surface area contributed by atoms with Gasteiger partial charge >= 0.3 is 6.01 Å². The van der Waals surface area contributed by atoms with E-state index in [0.717, 1.165) is 12.0 Å². The van der Waals surface area contributed by atoms with Crippen molar-refractivity contribution in [3.05, 3.63) is 39.4 Å². The molecule has 4 nitrogen and oxygen atoms in total. The molecule has 1 aromatic heterocycles. The van der Waals surface area contributed by atoms with E-state index in [-0.39, 0.29) is 16.6 Å². The smallest absolute Gasteiger partial charge is 0.327 e. The second-order valence-electron chi connectivity index (χ2n) is 3.36. The molecule has 94 valence electrons. The third-order valence-electron chi connectivity index (χ3n) is 2.17. The standard InChI is InChI=1S/C11H8Cl3N3O/c1-2-6-5-7(3-4-8(6)12)18-11-16-9(13)15-10(14)17-11/h3-5H,2H2,1H3. The average Bonchev–Trinajstić information content (AvgIpc) is 2.30. The molecule has 0 aliphatic rings. The molecule has 0 bridgehead atoms. The minimum absolute atomic E-state index is 0.0188. The van der Waals surface area contributed by atoms with E-state index in [9.17, 15) is 0 Å². The molecule has 7 heteroatoms. The van der Waals surface area contributed by atoms with Gasteiger partial charge < -0.3 is 4.74 Å². The zero-order valence-corrected chi connectivity index (χ0v) is 11.6. The molecule has 1 heterocycles. The van der Waals surface area contributed by atoms with Gasteiger partial charge in [-0.2, -0.15) is 15.0 Å². The number of ether oxygens (including phenoxy) is 1. The number of aromatic nitrogens is 3. The molecule has 0 fully saturated rings. The third-order valence-corrected chi connectivity index (χ3v) is 2.87. The third kappa shape index (κ3) is 3.22. The first kappa shape index (κ1) is 13.3. The lowest BCUT2D eigenvalue weighted by atomic mass is 10.1. The summed E-state index contributed by atoms with van der Waals surface area (Å²) in [4.78, 5) is 11.3. The molecule has 0 saturated carbocycles. The van der Waals surface area contributed by atoms with Crippen molar-refractivity contribution in [2.45, 2.75) is 13.3 Å². The van der Waals surface area contributed by atoms with Gasteiger partial charge in [-0.15, -0.1) is 0 Å². The fraction of sp³-hybridized carbons (Fsp3) is 0.182. The lowest BCUT2D eigenvalue weighted by molar-refractivity contribution is 0.439. The van der Waals surface area contributed by atoms with Gasteiger partial charge in [0.1, 0.15) is 5.75 Å². The summed E-state index contributed by atoms with van der Waals surface area (Å²) in [5.41, 5.74) is 0.973. The van der Waals surface area contributed by atoms with Crippen LogP contribution in [0.5, 0.6) is 11.8 Å². The average molecular weight is 305 g/mol. The van der Waals surface area contributed by atoms with E-state index < -0.39 is 0 Å². The van der Waals surface area contributed by atoms with Crippen LogP contribution in [0, 0.1) is 0 Å². The van der Waals surface area contributed by atoms with Crippen LogP contribution >= 0.6 is 34.8 Å². The van der Waals surface area contributed by atoms with Crippen molar-refractivity contribution in [1.29, 1.82) is 0 Å². The Hall–Kier alpha value is -1.10. The molecule has 2 rings (SSSR count). The van der Waals surface area contributed by atoms with Gasteiger partial charge in [-0.3, -0.25) is 0 Å². The summed E-state index contributed by atoms with van der Waals surface area (Å²) in [5.74, 6) is 0.564. The first-order valence-corrected chi connectivity index (χ1v) is 6.25. The van der Waals surface area contributed by atoms with Crippen LogP contribution in [0.4, 0.5) is 0 Å². The first-order valence-electron chi connectivity index (χ1n) is 5.12. The molecular weight excluding hydrogens is 296 g/mol. The number of hydrogen-bond donors (Lipinski definition) is 0. The van der Waals surface area contributed by atoms with E-state index in [1.807, 2.05) is 13.0 Å². The maximum Gasteiger partial charge on any atom is 0.327 e. The Morgan fingerprint density at radius 2 is 1.72 bits per heavy atom. The Kier molecular flexibility index (Phi) is 4.22. The molecule has 2 aromatic rings. The normalized spacial score (nSPS) is 10.4. The highest BCUT2D eigenvalue weighted by Crippen LogP contribution is 2.25. The van der Waals surface area contributed by atoms with Crippen molar-refractivity contribution < 1.29 is 4.74 Å². The van der Waals surface area contributed by atoms with Gasteiger partial charge in [0, 0.05) is 5.02 Å². The van der Waals surface area contributed by atoms with Gasteiger partial charge in [0.15, 0.2) is 0 Å². The molecule has 0 N–H and O–H groups in total. The van der Waals surface area contributed by atoms with Crippen LogP contribution in [0.3, 0.4) is 0 Å². The number of halogens is 3. The second kappa shape index (κ2) is 5.69. The maximum atomic E-state index is 6.01. The minimum Gasteiger partial charge on any atom is -0.424 e. The summed E-state index contributed by atoms with van der Waals surface area (Å²) in [6.45, 7) is 2.00. The van der Waals surface area contributed by atoms with Gasteiger partial charge in [0.05, 0.1) is 0 Å². The Labute approximate surface area is 119 Å². The molecule has 1 aromatic carbocycles. The Morgan fingerprint density at radius 3 is 2.33 bits per heavy atom. The van der Waals surface area contributed by atoms with E-state index in [1.165, 1.54) is 0 Å². The zero-order valence-electron chi connectivity index (χ0n) is 9.32. The SMILES string of the molecule is CCc1cc(Oc2nc(Cl)nc(Cl)n2)ccc1Cl. The fourth-order valence-corrected chi connectivity index (χ4v) is 1.94. The van der Waals surface area contributed by atoms with E-state index in [2.05, 4.69) is 15.0 Å². The predicted octanol–water partition coefficient (Wildman–Crippen LogP) is 4.19. The van der Waals surface area contributed by atoms with Gasteiger partial charge in [-0.25, -0.2) is 0 Å². The number of nitrogens with zero attached hydrogens (tertiary/aromatic N) is 3. The highest BCUT2D eigenvalue weighted by molar-refractivity contribution is 6.31. The number of rotatable bonds is 3. The molecule has 0 atom stereocenters. The van der Waals surface area contributed by atoms with Gasteiger partial charge in [-0.05, 0) is 53.4 Å². The van der Waals surface area contributed by atoms with E-state index in [4.69, 9.17) is 39.5 Å². The topological polar surface area (TPSA) is 47.9 Å². The summed E-state index contributed by atoms with van der Waals surface area (Å²) < 4.78 is 5.45. The molecule has 0 spiro atoms. The molecule has 0 saturated heterocycles. The van der Waals surface area contributed by atoms with Crippen LogP contribution in [0.2, 0.25) is 15.6 Å². The van der Waals surface area contributed by atoms with Gasteiger partial charge in [0.25, 0.3) is 0 Å². The summed E-state index contributed by atoms with van der Waals surface area (Å²) in [6.07, 6.45) is 0.800. The lowest BCUT2D eigenvalue weighted by Gasteiger charge is -2.06. The fourth-order valence-electron chi connectivity index (χ4n) is 1.35. The first-order chi connectivity index (χ1) is 8.58. The molecule has 0 unspecified atom stereocenters. The van der Waals surface area contributed by atoms with Crippen LogP contribution in [-0.4, -0.2) is 15.0 Å². The van der Waals surface area contributed by atoms with Crippen molar-refractivity contribution >= 4 is 34.8 Å². The summed E-state index contributed by atoms with van der Waals surface area (Å²) in [7, 11) is 0. The minimum atomic E-state index is -0.0188. The largest absolute Gasteiger partial charge is 0.424 e. The van der Waals surface area contributed by atoms with Crippen LogP contribution in [-0.2, 0) is 6.42 Å². The highest BCUT2D eigenvalue weighted by atomic mass is 35.5. The summed E-state index contributed by atoms with van der Waals surface area (Å²) in [5, 5.41) is 0.654. The molecule has 0 amide bonds.